The van der Waals surface area contributed by atoms with Gasteiger partial charge >= 0.3 is 0 Å². The zero-order chi connectivity index (χ0) is 17.9. The molecular weight excluding hydrogens is 328 g/mol. The number of nitrogens with zero attached hydrogens (tertiary/aromatic N) is 2. The standard InChI is InChI=1S/C18H23ClN2O3/c1-12(15(19)16(22)21(20-5)18(2,3)4)13-6-8-14(9-7-13)17-23-10-11-24-17/h6-9,17H,5,10-11H2,1-4H3/b15-12-. The van der Waals surface area contributed by atoms with E-state index in [9.17, 15) is 4.79 Å². The van der Waals surface area contributed by atoms with Crippen molar-refractivity contribution < 1.29 is 14.3 Å². The van der Waals surface area contributed by atoms with E-state index in [1.807, 2.05) is 52.0 Å². The van der Waals surface area contributed by atoms with Crippen LogP contribution in [0.3, 0.4) is 0 Å². The molecule has 1 aliphatic heterocycles. The van der Waals surface area contributed by atoms with Crippen LogP contribution in [0.25, 0.3) is 5.57 Å². The van der Waals surface area contributed by atoms with Gasteiger partial charge in [-0.25, -0.2) is 5.01 Å². The molecule has 0 aliphatic carbocycles. The van der Waals surface area contributed by atoms with Crippen LogP contribution >= 0.6 is 11.6 Å². The highest BCUT2D eigenvalue weighted by atomic mass is 35.5. The first-order valence-electron chi connectivity index (χ1n) is 7.77. The zero-order valence-corrected chi connectivity index (χ0v) is 15.3. The Kier molecular flexibility index (Phi) is 5.80. The zero-order valence-electron chi connectivity index (χ0n) is 14.5. The van der Waals surface area contributed by atoms with Crippen LogP contribution in [0, 0.1) is 0 Å². The normalized spacial score (nSPS) is 16.7. The number of allylic oxidation sites excluding steroid dienone is 1. The number of carbonyl (C=O) groups excluding carboxylic acids is 1. The lowest BCUT2D eigenvalue weighted by Crippen LogP contribution is -2.41. The summed E-state index contributed by atoms with van der Waals surface area (Å²) in [6.07, 6.45) is -0.318. The minimum atomic E-state index is -0.500. The molecule has 1 fully saturated rings. The second kappa shape index (κ2) is 7.47. The van der Waals surface area contributed by atoms with Gasteiger partial charge in [0.25, 0.3) is 5.91 Å². The van der Waals surface area contributed by atoms with Crippen LogP contribution in [-0.4, -0.2) is 36.4 Å². The summed E-state index contributed by atoms with van der Waals surface area (Å²) >= 11 is 6.31. The lowest BCUT2D eigenvalue weighted by molar-refractivity contribution is -0.130. The molecule has 0 bridgehead atoms. The third-order valence-electron chi connectivity index (χ3n) is 3.72. The van der Waals surface area contributed by atoms with Gasteiger partial charge in [-0.3, -0.25) is 4.79 Å². The third-order valence-corrected chi connectivity index (χ3v) is 4.17. The predicted octanol–water partition coefficient (Wildman–Crippen LogP) is 3.94. The molecule has 0 saturated carbocycles. The Bertz CT molecular complexity index is 641. The van der Waals surface area contributed by atoms with Crippen LogP contribution in [-0.2, 0) is 14.3 Å². The molecule has 1 heterocycles. The third kappa shape index (κ3) is 4.04. The smallest absolute Gasteiger partial charge is 0.286 e. The molecule has 24 heavy (non-hydrogen) atoms. The topological polar surface area (TPSA) is 51.1 Å². The predicted molar refractivity (Wildman–Crippen MR) is 95.7 cm³/mol. The number of hydrogen-bond acceptors (Lipinski definition) is 4. The van der Waals surface area contributed by atoms with Crippen LogP contribution < -0.4 is 0 Å². The SMILES string of the molecule is C=NN(C(=O)/C(Cl)=C(\C)c1ccc(C2OCCO2)cc1)C(C)(C)C. The van der Waals surface area contributed by atoms with Crippen molar-refractivity contribution in [1.29, 1.82) is 0 Å². The fourth-order valence-electron chi connectivity index (χ4n) is 2.40. The second-order valence-corrected chi connectivity index (χ2v) is 6.94. The Morgan fingerprint density at radius 2 is 1.79 bits per heavy atom. The number of halogens is 1. The van der Waals surface area contributed by atoms with E-state index in [1.165, 1.54) is 5.01 Å². The molecule has 1 amide bonds. The molecule has 0 atom stereocenters. The maximum absolute atomic E-state index is 12.6. The second-order valence-electron chi connectivity index (χ2n) is 6.56. The van der Waals surface area contributed by atoms with E-state index in [-0.39, 0.29) is 17.2 Å². The summed E-state index contributed by atoms with van der Waals surface area (Å²) in [5, 5.41) is 5.21. The number of ether oxygens (including phenoxy) is 2. The molecule has 130 valence electrons. The van der Waals surface area contributed by atoms with Gasteiger partial charge < -0.3 is 9.47 Å². The van der Waals surface area contributed by atoms with Crippen LogP contribution in [0.1, 0.15) is 45.1 Å². The molecule has 0 aromatic heterocycles. The molecule has 0 unspecified atom stereocenters. The monoisotopic (exact) mass is 350 g/mol. The van der Waals surface area contributed by atoms with E-state index < -0.39 is 5.54 Å². The molecule has 0 radical (unpaired) electrons. The summed E-state index contributed by atoms with van der Waals surface area (Å²) in [5.41, 5.74) is 1.98. The summed E-state index contributed by atoms with van der Waals surface area (Å²) < 4.78 is 10.9. The van der Waals surface area contributed by atoms with E-state index >= 15 is 0 Å². The average Bonchev–Trinajstić information content (AvgIpc) is 3.07. The summed E-state index contributed by atoms with van der Waals surface area (Å²) in [6, 6.07) is 7.62. The van der Waals surface area contributed by atoms with Crippen molar-refractivity contribution in [3.63, 3.8) is 0 Å². The number of hydrogen-bond donors (Lipinski definition) is 0. The number of benzene rings is 1. The van der Waals surface area contributed by atoms with E-state index in [4.69, 9.17) is 21.1 Å². The lowest BCUT2D eigenvalue weighted by atomic mass is 10.0. The van der Waals surface area contributed by atoms with Crippen LogP contribution in [0.4, 0.5) is 0 Å². The molecule has 1 aliphatic rings. The summed E-state index contributed by atoms with van der Waals surface area (Å²) in [6.45, 7) is 12.1. The first kappa shape index (κ1) is 18.6. The van der Waals surface area contributed by atoms with Gasteiger partial charge in [-0.2, -0.15) is 5.10 Å². The molecular formula is C18H23ClN2O3. The van der Waals surface area contributed by atoms with Crippen molar-refractivity contribution in [3.05, 3.63) is 40.4 Å². The molecule has 1 aromatic carbocycles. The molecule has 5 nitrogen and oxygen atoms in total. The largest absolute Gasteiger partial charge is 0.346 e. The Morgan fingerprint density at radius 1 is 1.25 bits per heavy atom. The van der Waals surface area contributed by atoms with Crippen molar-refractivity contribution in [3.8, 4) is 0 Å². The Morgan fingerprint density at radius 3 is 2.25 bits per heavy atom. The molecule has 1 saturated heterocycles. The molecule has 0 spiro atoms. The maximum atomic E-state index is 12.6. The highest BCUT2D eigenvalue weighted by Gasteiger charge is 2.28. The highest BCUT2D eigenvalue weighted by Crippen LogP contribution is 2.28. The van der Waals surface area contributed by atoms with E-state index in [0.717, 1.165) is 11.1 Å². The number of carbonyl (C=O) groups is 1. The maximum Gasteiger partial charge on any atom is 0.286 e. The van der Waals surface area contributed by atoms with Gasteiger partial charge in [0.1, 0.15) is 5.03 Å². The highest BCUT2D eigenvalue weighted by molar-refractivity contribution is 6.45. The summed E-state index contributed by atoms with van der Waals surface area (Å²) in [7, 11) is 0. The minimum absolute atomic E-state index is 0.124. The van der Waals surface area contributed by atoms with Crippen molar-refractivity contribution in [2.45, 2.75) is 39.5 Å². The lowest BCUT2D eigenvalue weighted by Gasteiger charge is -2.30. The van der Waals surface area contributed by atoms with Crippen molar-refractivity contribution in [2.75, 3.05) is 13.2 Å². The van der Waals surface area contributed by atoms with Gasteiger partial charge in [0.05, 0.1) is 18.8 Å². The van der Waals surface area contributed by atoms with Crippen LogP contribution in [0.15, 0.2) is 34.4 Å². The van der Waals surface area contributed by atoms with Gasteiger partial charge in [0.15, 0.2) is 6.29 Å². The van der Waals surface area contributed by atoms with E-state index in [0.29, 0.717) is 18.8 Å². The van der Waals surface area contributed by atoms with Crippen molar-refractivity contribution in [1.82, 2.24) is 5.01 Å². The number of amides is 1. The summed E-state index contributed by atoms with van der Waals surface area (Å²) in [4.78, 5) is 12.6. The van der Waals surface area contributed by atoms with Gasteiger partial charge in [-0.15, -0.1) is 0 Å². The Balaban J connectivity index is 2.24. The molecule has 6 heteroatoms. The number of rotatable bonds is 4. The van der Waals surface area contributed by atoms with E-state index in [1.54, 1.807) is 0 Å². The summed E-state index contributed by atoms with van der Waals surface area (Å²) in [5.74, 6) is -0.372. The minimum Gasteiger partial charge on any atom is -0.346 e. The first-order chi connectivity index (χ1) is 11.3. The van der Waals surface area contributed by atoms with Gasteiger partial charge in [0.2, 0.25) is 0 Å². The van der Waals surface area contributed by atoms with Crippen molar-refractivity contribution >= 4 is 29.8 Å². The fourth-order valence-corrected chi connectivity index (χ4v) is 2.59. The Hall–Kier alpha value is -1.69. The Labute approximate surface area is 147 Å². The number of hydrazone groups is 1. The van der Waals surface area contributed by atoms with Crippen molar-refractivity contribution in [2.24, 2.45) is 5.10 Å². The van der Waals surface area contributed by atoms with Crippen LogP contribution in [0.2, 0.25) is 0 Å². The van der Waals surface area contributed by atoms with Gasteiger partial charge in [-0.05, 0) is 38.8 Å². The van der Waals surface area contributed by atoms with Gasteiger partial charge in [-0.1, -0.05) is 35.9 Å². The molecule has 0 N–H and O–H groups in total. The average molecular weight is 351 g/mol. The van der Waals surface area contributed by atoms with Gasteiger partial charge in [0, 0.05) is 12.3 Å². The quantitative estimate of drug-likeness (QED) is 0.469. The van der Waals surface area contributed by atoms with E-state index in [2.05, 4.69) is 11.8 Å². The van der Waals surface area contributed by atoms with Crippen LogP contribution in [0.5, 0.6) is 0 Å². The fraction of sp³-hybridized carbons (Fsp3) is 0.444. The first-order valence-corrected chi connectivity index (χ1v) is 8.14. The molecule has 2 rings (SSSR count). The molecule has 1 aromatic rings.